The van der Waals surface area contributed by atoms with Crippen LogP contribution in [0.2, 0.25) is 0 Å². The predicted molar refractivity (Wildman–Crippen MR) is 82.0 cm³/mol. The maximum atomic E-state index is 5.96. The van der Waals surface area contributed by atoms with Gasteiger partial charge >= 0.3 is 0 Å². The highest BCUT2D eigenvalue weighted by atomic mass is 16.5. The first-order valence-corrected chi connectivity index (χ1v) is 7.88. The van der Waals surface area contributed by atoms with E-state index in [9.17, 15) is 0 Å². The number of methoxy groups -OCH3 is 1. The predicted octanol–water partition coefficient (Wildman–Crippen LogP) is 2.94. The fourth-order valence-electron chi connectivity index (χ4n) is 3.38. The Hall–Kier alpha value is -0.870. The van der Waals surface area contributed by atoms with Gasteiger partial charge in [0.05, 0.1) is 11.3 Å². The fraction of sp³-hybridized carbons (Fsp3) is 0.812. The lowest BCUT2D eigenvalue weighted by atomic mass is 9.77. The Morgan fingerprint density at radius 2 is 2.05 bits per heavy atom. The average Bonchev–Trinajstić information content (AvgIpc) is 2.94. The molecule has 114 valence electrons. The molecule has 1 aromatic heterocycles. The van der Waals surface area contributed by atoms with Crippen LogP contribution in [0.25, 0.3) is 0 Å². The van der Waals surface area contributed by atoms with Crippen LogP contribution in [0.3, 0.4) is 0 Å². The van der Waals surface area contributed by atoms with Crippen LogP contribution in [0, 0.1) is 0 Å². The van der Waals surface area contributed by atoms with E-state index in [1.165, 1.54) is 19.3 Å². The van der Waals surface area contributed by atoms with Crippen molar-refractivity contribution in [3.8, 4) is 0 Å². The minimum Gasteiger partial charge on any atom is -0.377 e. The monoisotopic (exact) mass is 279 g/mol. The second kappa shape index (κ2) is 6.72. The molecule has 0 saturated heterocycles. The van der Waals surface area contributed by atoms with Gasteiger partial charge in [0.1, 0.15) is 0 Å². The van der Waals surface area contributed by atoms with Crippen molar-refractivity contribution in [2.75, 3.05) is 14.2 Å². The number of nitrogens with one attached hydrogen (secondary N) is 1. The van der Waals surface area contributed by atoms with Gasteiger partial charge in [-0.25, -0.2) is 0 Å². The molecule has 20 heavy (non-hydrogen) atoms. The molecule has 0 spiro atoms. The number of likely N-dealkylation sites (N-methyl/N-ethyl adjacent to an activating group) is 1. The standard InChI is InChI=1S/C16H29N3O/c1-13(2)19-11-8-14(18-19)12-15(17-3)16(20-4)9-6-5-7-10-16/h8,11,13,15,17H,5-7,9-10,12H2,1-4H3. The van der Waals surface area contributed by atoms with Crippen LogP contribution in [-0.4, -0.2) is 35.6 Å². The molecular weight excluding hydrogens is 250 g/mol. The fourth-order valence-corrected chi connectivity index (χ4v) is 3.38. The van der Waals surface area contributed by atoms with Gasteiger partial charge in [-0.05, 0) is 39.8 Å². The summed E-state index contributed by atoms with van der Waals surface area (Å²) in [4.78, 5) is 0. The van der Waals surface area contributed by atoms with Gasteiger partial charge in [0.25, 0.3) is 0 Å². The molecule has 1 unspecified atom stereocenters. The van der Waals surface area contributed by atoms with Crippen molar-refractivity contribution in [1.82, 2.24) is 15.1 Å². The van der Waals surface area contributed by atoms with E-state index >= 15 is 0 Å². The Bertz CT molecular complexity index is 408. The number of nitrogens with zero attached hydrogens (tertiary/aromatic N) is 2. The maximum absolute atomic E-state index is 5.96. The van der Waals surface area contributed by atoms with Gasteiger partial charge < -0.3 is 10.1 Å². The first-order chi connectivity index (χ1) is 9.61. The van der Waals surface area contributed by atoms with Gasteiger partial charge in [0, 0.05) is 31.8 Å². The lowest BCUT2D eigenvalue weighted by Crippen LogP contribution is -2.53. The van der Waals surface area contributed by atoms with E-state index in [2.05, 4.69) is 36.5 Å². The zero-order chi connectivity index (χ0) is 14.6. The van der Waals surface area contributed by atoms with Gasteiger partial charge in [-0.1, -0.05) is 19.3 Å². The molecule has 0 aromatic carbocycles. The molecule has 1 fully saturated rings. The number of rotatable bonds is 6. The summed E-state index contributed by atoms with van der Waals surface area (Å²) < 4.78 is 7.99. The van der Waals surface area contributed by atoms with E-state index in [-0.39, 0.29) is 5.60 Å². The molecule has 1 aliphatic rings. The van der Waals surface area contributed by atoms with Gasteiger partial charge in [-0.2, -0.15) is 5.10 Å². The minimum absolute atomic E-state index is 0.0192. The van der Waals surface area contributed by atoms with Crippen molar-refractivity contribution in [3.05, 3.63) is 18.0 Å². The van der Waals surface area contributed by atoms with Crippen molar-refractivity contribution in [2.45, 2.75) is 70.1 Å². The SMILES string of the molecule is CNC(Cc1ccn(C(C)C)n1)C1(OC)CCCCC1. The molecule has 1 aromatic rings. The minimum atomic E-state index is -0.0192. The van der Waals surface area contributed by atoms with Crippen LogP contribution in [0.15, 0.2) is 12.3 Å². The Kier molecular flexibility index (Phi) is 5.22. The normalized spacial score (nSPS) is 20.2. The van der Waals surface area contributed by atoms with Crippen molar-refractivity contribution in [1.29, 1.82) is 0 Å². The number of ether oxygens (including phenoxy) is 1. The smallest absolute Gasteiger partial charge is 0.0834 e. The summed E-state index contributed by atoms with van der Waals surface area (Å²) in [5.41, 5.74) is 1.13. The topological polar surface area (TPSA) is 39.1 Å². The molecule has 2 rings (SSSR count). The molecule has 1 aliphatic carbocycles. The molecule has 0 aliphatic heterocycles. The Morgan fingerprint density at radius 3 is 2.55 bits per heavy atom. The Balaban J connectivity index is 2.10. The summed E-state index contributed by atoms with van der Waals surface area (Å²) >= 11 is 0. The Labute approximate surface area is 122 Å². The van der Waals surface area contributed by atoms with E-state index in [1.807, 2.05) is 18.8 Å². The molecule has 0 amide bonds. The van der Waals surface area contributed by atoms with E-state index in [0.29, 0.717) is 12.1 Å². The summed E-state index contributed by atoms with van der Waals surface area (Å²) in [5.74, 6) is 0. The Morgan fingerprint density at radius 1 is 1.35 bits per heavy atom. The van der Waals surface area contributed by atoms with Crippen molar-refractivity contribution in [3.63, 3.8) is 0 Å². The van der Waals surface area contributed by atoms with E-state index < -0.39 is 0 Å². The second-order valence-corrected chi connectivity index (χ2v) is 6.26. The number of hydrogen-bond donors (Lipinski definition) is 1. The molecule has 4 nitrogen and oxygen atoms in total. The molecule has 0 radical (unpaired) electrons. The molecule has 1 atom stereocenters. The quantitative estimate of drug-likeness (QED) is 0.870. The summed E-state index contributed by atoms with van der Waals surface area (Å²) in [6.07, 6.45) is 9.19. The highest BCUT2D eigenvalue weighted by molar-refractivity contribution is 5.07. The zero-order valence-electron chi connectivity index (χ0n) is 13.4. The maximum Gasteiger partial charge on any atom is 0.0834 e. The van der Waals surface area contributed by atoms with Crippen molar-refractivity contribution >= 4 is 0 Å². The van der Waals surface area contributed by atoms with Gasteiger partial charge in [0.2, 0.25) is 0 Å². The number of aromatic nitrogens is 2. The third kappa shape index (κ3) is 3.23. The number of hydrogen-bond acceptors (Lipinski definition) is 3. The van der Waals surface area contributed by atoms with E-state index in [0.717, 1.165) is 25.0 Å². The highest BCUT2D eigenvalue weighted by Gasteiger charge is 2.39. The van der Waals surface area contributed by atoms with E-state index in [1.54, 1.807) is 0 Å². The molecule has 4 heteroatoms. The molecular formula is C16H29N3O. The summed E-state index contributed by atoms with van der Waals surface area (Å²) in [5, 5.41) is 8.16. The van der Waals surface area contributed by atoms with Crippen LogP contribution in [0.4, 0.5) is 0 Å². The molecule has 1 N–H and O–H groups in total. The third-order valence-corrected chi connectivity index (χ3v) is 4.70. The molecule has 1 heterocycles. The average molecular weight is 279 g/mol. The largest absolute Gasteiger partial charge is 0.377 e. The van der Waals surface area contributed by atoms with Crippen molar-refractivity contribution < 1.29 is 4.74 Å². The van der Waals surface area contributed by atoms with Crippen LogP contribution in [0.1, 0.15) is 57.7 Å². The first kappa shape index (κ1) is 15.5. The molecule has 1 saturated carbocycles. The van der Waals surface area contributed by atoms with Crippen LogP contribution in [0.5, 0.6) is 0 Å². The lowest BCUT2D eigenvalue weighted by Gasteiger charge is -2.42. The van der Waals surface area contributed by atoms with Crippen LogP contribution < -0.4 is 5.32 Å². The first-order valence-electron chi connectivity index (χ1n) is 7.88. The van der Waals surface area contributed by atoms with Crippen LogP contribution in [-0.2, 0) is 11.2 Å². The summed E-state index contributed by atoms with van der Waals surface area (Å²) in [6, 6.07) is 2.89. The van der Waals surface area contributed by atoms with E-state index in [4.69, 9.17) is 4.74 Å². The summed E-state index contributed by atoms with van der Waals surface area (Å²) in [7, 11) is 3.90. The summed E-state index contributed by atoms with van der Waals surface area (Å²) in [6.45, 7) is 4.31. The third-order valence-electron chi connectivity index (χ3n) is 4.70. The van der Waals surface area contributed by atoms with Gasteiger partial charge in [-0.15, -0.1) is 0 Å². The van der Waals surface area contributed by atoms with Crippen LogP contribution >= 0.6 is 0 Å². The van der Waals surface area contributed by atoms with Gasteiger partial charge in [0.15, 0.2) is 0 Å². The molecule has 0 bridgehead atoms. The lowest BCUT2D eigenvalue weighted by molar-refractivity contribution is -0.0659. The highest BCUT2D eigenvalue weighted by Crippen LogP contribution is 2.35. The van der Waals surface area contributed by atoms with Crippen molar-refractivity contribution in [2.24, 2.45) is 0 Å². The zero-order valence-corrected chi connectivity index (χ0v) is 13.4. The second-order valence-electron chi connectivity index (χ2n) is 6.26. The van der Waals surface area contributed by atoms with Gasteiger partial charge in [-0.3, -0.25) is 4.68 Å².